The van der Waals surface area contributed by atoms with Crippen LogP contribution in [-0.4, -0.2) is 29.9 Å². The molecule has 0 aliphatic rings. The Balaban J connectivity index is 2.17. The van der Waals surface area contributed by atoms with Crippen LogP contribution in [0.5, 0.6) is 0 Å². The predicted molar refractivity (Wildman–Crippen MR) is 74.8 cm³/mol. The van der Waals surface area contributed by atoms with Crippen LogP contribution in [0.4, 0.5) is 0 Å². The van der Waals surface area contributed by atoms with Crippen molar-refractivity contribution in [3.63, 3.8) is 0 Å². The number of hydrogen-bond acceptors (Lipinski definition) is 3. The van der Waals surface area contributed by atoms with Gasteiger partial charge < -0.3 is 15.5 Å². The number of rotatable bonds is 8. The maximum absolute atomic E-state index is 9.92. The molecule has 102 valence electrons. The average molecular weight is 272 g/mol. The van der Waals surface area contributed by atoms with Gasteiger partial charge in [-0.25, -0.2) is 0 Å². The molecule has 1 aromatic carbocycles. The highest BCUT2D eigenvalue weighted by Gasteiger charge is 2.06. The fourth-order valence-electron chi connectivity index (χ4n) is 1.71. The molecule has 0 heterocycles. The molecule has 0 aromatic heterocycles. The highest BCUT2D eigenvalue weighted by atomic mass is 35.5. The van der Waals surface area contributed by atoms with E-state index in [2.05, 4.69) is 5.32 Å². The zero-order chi connectivity index (χ0) is 13.4. The number of nitrogens with one attached hydrogen (secondary N) is 1. The van der Waals surface area contributed by atoms with Gasteiger partial charge in [0, 0.05) is 18.2 Å². The minimum Gasteiger partial charge on any atom is -0.396 e. The SMILES string of the molecule is CC(CO)CCCNCC(O)c1ccc(Cl)cc1. The molecule has 0 amide bonds. The van der Waals surface area contributed by atoms with Crippen LogP contribution in [0.25, 0.3) is 0 Å². The molecule has 3 nitrogen and oxygen atoms in total. The van der Waals surface area contributed by atoms with E-state index in [1.807, 2.05) is 19.1 Å². The van der Waals surface area contributed by atoms with Gasteiger partial charge in [0.2, 0.25) is 0 Å². The van der Waals surface area contributed by atoms with Gasteiger partial charge in [0.1, 0.15) is 0 Å². The Labute approximate surface area is 114 Å². The first-order chi connectivity index (χ1) is 8.63. The second-order valence-corrected chi connectivity index (χ2v) is 5.14. The van der Waals surface area contributed by atoms with E-state index < -0.39 is 6.10 Å². The molecule has 18 heavy (non-hydrogen) atoms. The minimum atomic E-state index is -0.502. The molecule has 1 rings (SSSR count). The van der Waals surface area contributed by atoms with Crippen molar-refractivity contribution in [2.75, 3.05) is 19.7 Å². The zero-order valence-electron chi connectivity index (χ0n) is 10.8. The largest absolute Gasteiger partial charge is 0.396 e. The van der Waals surface area contributed by atoms with E-state index in [1.54, 1.807) is 12.1 Å². The third-order valence-corrected chi connectivity index (χ3v) is 3.21. The molecule has 4 heteroatoms. The van der Waals surface area contributed by atoms with Crippen molar-refractivity contribution in [1.29, 1.82) is 0 Å². The van der Waals surface area contributed by atoms with E-state index in [1.165, 1.54) is 0 Å². The van der Waals surface area contributed by atoms with E-state index in [4.69, 9.17) is 16.7 Å². The molecular formula is C14H22ClNO2. The van der Waals surface area contributed by atoms with Crippen LogP contribution in [0, 0.1) is 5.92 Å². The van der Waals surface area contributed by atoms with Crippen molar-refractivity contribution >= 4 is 11.6 Å². The summed E-state index contributed by atoms with van der Waals surface area (Å²) in [6, 6.07) is 7.23. The summed E-state index contributed by atoms with van der Waals surface area (Å²) in [6.07, 6.45) is 1.51. The summed E-state index contributed by atoms with van der Waals surface area (Å²) in [5.74, 6) is 0.355. The lowest BCUT2D eigenvalue weighted by molar-refractivity contribution is 0.174. The van der Waals surface area contributed by atoms with Gasteiger partial charge in [-0.15, -0.1) is 0 Å². The van der Waals surface area contributed by atoms with Gasteiger partial charge in [0.15, 0.2) is 0 Å². The number of aliphatic hydroxyl groups excluding tert-OH is 2. The monoisotopic (exact) mass is 271 g/mol. The molecule has 0 bridgehead atoms. The van der Waals surface area contributed by atoms with Gasteiger partial charge in [-0.3, -0.25) is 0 Å². The minimum absolute atomic E-state index is 0.243. The Morgan fingerprint density at radius 3 is 2.56 bits per heavy atom. The topological polar surface area (TPSA) is 52.5 Å². The first-order valence-electron chi connectivity index (χ1n) is 6.38. The van der Waals surface area contributed by atoms with Crippen molar-refractivity contribution in [3.8, 4) is 0 Å². The summed E-state index contributed by atoms with van der Waals surface area (Å²) in [5.41, 5.74) is 0.871. The third kappa shape index (κ3) is 5.83. The first kappa shape index (κ1) is 15.4. The van der Waals surface area contributed by atoms with Crippen molar-refractivity contribution in [2.45, 2.75) is 25.9 Å². The zero-order valence-corrected chi connectivity index (χ0v) is 11.5. The second kappa shape index (κ2) is 8.48. The Bertz CT molecular complexity index is 329. The van der Waals surface area contributed by atoms with Crippen molar-refractivity contribution in [1.82, 2.24) is 5.32 Å². The summed E-state index contributed by atoms with van der Waals surface area (Å²) < 4.78 is 0. The van der Waals surface area contributed by atoms with Gasteiger partial charge in [0.05, 0.1) is 6.10 Å². The van der Waals surface area contributed by atoms with Crippen LogP contribution in [0.2, 0.25) is 5.02 Å². The predicted octanol–water partition coefficient (Wildman–Crippen LogP) is 2.37. The lowest BCUT2D eigenvalue weighted by Crippen LogP contribution is -2.23. The second-order valence-electron chi connectivity index (χ2n) is 4.70. The van der Waals surface area contributed by atoms with Crippen LogP contribution in [-0.2, 0) is 0 Å². The number of aliphatic hydroxyl groups is 2. The molecule has 0 saturated carbocycles. The Morgan fingerprint density at radius 2 is 1.94 bits per heavy atom. The van der Waals surface area contributed by atoms with Gasteiger partial charge >= 0.3 is 0 Å². The third-order valence-electron chi connectivity index (χ3n) is 2.95. The van der Waals surface area contributed by atoms with Crippen molar-refractivity contribution in [2.24, 2.45) is 5.92 Å². The smallest absolute Gasteiger partial charge is 0.0914 e. The Kier molecular flexibility index (Phi) is 7.28. The van der Waals surface area contributed by atoms with E-state index in [0.29, 0.717) is 17.5 Å². The van der Waals surface area contributed by atoms with Gasteiger partial charge in [0.25, 0.3) is 0 Å². The van der Waals surface area contributed by atoms with Crippen molar-refractivity contribution in [3.05, 3.63) is 34.9 Å². The lowest BCUT2D eigenvalue weighted by Gasteiger charge is -2.13. The van der Waals surface area contributed by atoms with E-state index in [-0.39, 0.29) is 6.61 Å². The highest BCUT2D eigenvalue weighted by Crippen LogP contribution is 2.15. The standard InChI is InChI=1S/C14H22ClNO2/c1-11(10-17)3-2-8-16-9-14(18)12-4-6-13(15)7-5-12/h4-7,11,14,16-18H,2-3,8-10H2,1H3. The fraction of sp³-hybridized carbons (Fsp3) is 0.571. The summed E-state index contributed by atoms with van der Waals surface area (Å²) in [5, 5.41) is 22.7. The molecule has 0 radical (unpaired) electrons. The van der Waals surface area contributed by atoms with E-state index in [9.17, 15) is 5.11 Å². The first-order valence-corrected chi connectivity index (χ1v) is 6.76. The summed E-state index contributed by atoms with van der Waals surface area (Å²) in [7, 11) is 0. The maximum Gasteiger partial charge on any atom is 0.0914 e. The molecular weight excluding hydrogens is 250 g/mol. The van der Waals surface area contributed by atoms with E-state index in [0.717, 1.165) is 24.9 Å². The molecule has 2 atom stereocenters. The van der Waals surface area contributed by atoms with Crippen LogP contribution in [0.1, 0.15) is 31.4 Å². The summed E-state index contributed by atoms with van der Waals surface area (Å²) >= 11 is 5.79. The quantitative estimate of drug-likeness (QED) is 0.637. The molecule has 0 saturated heterocycles. The Morgan fingerprint density at radius 1 is 1.28 bits per heavy atom. The molecule has 0 fully saturated rings. The number of halogens is 1. The molecule has 2 unspecified atom stereocenters. The molecule has 3 N–H and O–H groups in total. The molecule has 0 aliphatic heterocycles. The molecule has 0 spiro atoms. The van der Waals surface area contributed by atoms with Crippen LogP contribution in [0.3, 0.4) is 0 Å². The summed E-state index contributed by atoms with van der Waals surface area (Å²) in [4.78, 5) is 0. The molecule has 1 aromatic rings. The normalized spacial score (nSPS) is 14.4. The maximum atomic E-state index is 9.92. The number of benzene rings is 1. The fourth-order valence-corrected chi connectivity index (χ4v) is 1.83. The molecule has 0 aliphatic carbocycles. The average Bonchev–Trinajstić information content (AvgIpc) is 2.38. The van der Waals surface area contributed by atoms with Gasteiger partial charge in [-0.2, -0.15) is 0 Å². The van der Waals surface area contributed by atoms with Crippen LogP contribution < -0.4 is 5.32 Å². The van der Waals surface area contributed by atoms with E-state index >= 15 is 0 Å². The van der Waals surface area contributed by atoms with Crippen molar-refractivity contribution < 1.29 is 10.2 Å². The van der Waals surface area contributed by atoms with Crippen LogP contribution in [0.15, 0.2) is 24.3 Å². The van der Waals surface area contributed by atoms with Gasteiger partial charge in [-0.1, -0.05) is 30.7 Å². The van der Waals surface area contributed by atoms with Crippen LogP contribution >= 0.6 is 11.6 Å². The highest BCUT2D eigenvalue weighted by molar-refractivity contribution is 6.30. The lowest BCUT2D eigenvalue weighted by atomic mass is 10.1. The number of hydrogen-bond donors (Lipinski definition) is 3. The summed E-state index contributed by atoms with van der Waals surface area (Å²) in [6.45, 7) is 3.67. The van der Waals surface area contributed by atoms with Gasteiger partial charge in [-0.05, 0) is 43.0 Å². The Hall–Kier alpha value is -0.610.